The third-order valence-electron chi connectivity index (χ3n) is 2.52. The Morgan fingerprint density at radius 1 is 1.37 bits per heavy atom. The maximum absolute atomic E-state index is 12.1. The number of hydrogen-bond acceptors (Lipinski definition) is 5. The second kappa shape index (κ2) is 5.02. The predicted octanol–water partition coefficient (Wildman–Crippen LogP) is 1.84. The molecule has 0 bridgehead atoms. The fourth-order valence-corrected chi connectivity index (χ4v) is 2.59. The Morgan fingerprint density at radius 2 is 2.11 bits per heavy atom. The minimum Gasteiger partial charge on any atom is -0.389 e. The maximum atomic E-state index is 12.1. The van der Waals surface area contributed by atoms with Gasteiger partial charge in [0.1, 0.15) is 5.76 Å². The van der Waals surface area contributed by atoms with Gasteiger partial charge in [-0.2, -0.15) is 0 Å². The highest BCUT2D eigenvalue weighted by molar-refractivity contribution is 7.92. The van der Waals surface area contributed by atoms with Crippen molar-refractivity contribution in [2.75, 3.05) is 4.72 Å². The maximum Gasteiger partial charge on any atom is 0.263 e. The van der Waals surface area contributed by atoms with Crippen molar-refractivity contribution in [3.8, 4) is 0 Å². The van der Waals surface area contributed by atoms with Gasteiger partial charge in [-0.3, -0.25) is 4.72 Å². The summed E-state index contributed by atoms with van der Waals surface area (Å²) in [6.45, 7) is 3.24. The zero-order valence-corrected chi connectivity index (χ0v) is 11.3. The van der Waals surface area contributed by atoms with Gasteiger partial charge in [-0.05, 0) is 31.5 Å². The van der Waals surface area contributed by atoms with E-state index in [1.807, 2.05) is 0 Å². The highest BCUT2D eigenvalue weighted by atomic mass is 32.2. The summed E-state index contributed by atoms with van der Waals surface area (Å²) in [6, 6.07) is 7.58. The quantitative estimate of drug-likeness (QED) is 0.892. The summed E-state index contributed by atoms with van der Waals surface area (Å²) < 4.78 is 31.3. The topological polar surface area (TPSA) is 92.4 Å². The van der Waals surface area contributed by atoms with E-state index in [1.165, 1.54) is 18.2 Å². The predicted molar refractivity (Wildman–Crippen MR) is 69.1 cm³/mol. The molecule has 1 aromatic carbocycles. The molecule has 6 nitrogen and oxygen atoms in total. The van der Waals surface area contributed by atoms with Gasteiger partial charge in [-0.15, -0.1) is 0 Å². The van der Waals surface area contributed by atoms with Gasteiger partial charge in [0.25, 0.3) is 10.0 Å². The molecule has 1 unspecified atom stereocenters. The molecule has 0 aliphatic heterocycles. The number of benzene rings is 1. The van der Waals surface area contributed by atoms with Crippen molar-refractivity contribution in [2.45, 2.75) is 24.8 Å². The van der Waals surface area contributed by atoms with Gasteiger partial charge in [0.2, 0.25) is 0 Å². The standard InChI is InChI=1S/C12H14N2O4S/c1-8-6-12(13-18-8)14-19(16,17)11-5-3-4-10(7-11)9(2)15/h3-7,9,15H,1-2H3,(H,13,14). The van der Waals surface area contributed by atoms with Crippen LogP contribution in [0.3, 0.4) is 0 Å². The van der Waals surface area contributed by atoms with Gasteiger partial charge >= 0.3 is 0 Å². The van der Waals surface area contributed by atoms with Crippen molar-refractivity contribution in [1.82, 2.24) is 5.16 Å². The number of aliphatic hydroxyl groups is 1. The summed E-state index contributed by atoms with van der Waals surface area (Å²) in [5.41, 5.74) is 0.527. The molecule has 1 aromatic heterocycles. The lowest BCUT2D eigenvalue weighted by Crippen LogP contribution is -2.13. The van der Waals surface area contributed by atoms with Crippen LogP contribution in [0.25, 0.3) is 0 Å². The first-order valence-corrected chi connectivity index (χ1v) is 7.11. The van der Waals surface area contributed by atoms with Crippen molar-refractivity contribution in [3.63, 3.8) is 0 Å². The Balaban J connectivity index is 2.31. The molecular weight excluding hydrogens is 268 g/mol. The lowest BCUT2D eigenvalue weighted by Gasteiger charge is -2.08. The van der Waals surface area contributed by atoms with Crippen LogP contribution in [-0.4, -0.2) is 18.7 Å². The van der Waals surface area contributed by atoms with Crippen LogP contribution in [0.2, 0.25) is 0 Å². The molecule has 2 N–H and O–H groups in total. The van der Waals surface area contributed by atoms with Crippen LogP contribution < -0.4 is 4.72 Å². The third-order valence-corrected chi connectivity index (χ3v) is 3.87. The van der Waals surface area contributed by atoms with Gasteiger partial charge in [-0.25, -0.2) is 8.42 Å². The summed E-state index contributed by atoms with van der Waals surface area (Å²) in [5.74, 6) is 0.635. The molecule has 0 amide bonds. The summed E-state index contributed by atoms with van der Waals surface area (Å²) in [6.07, 6.45) is -0.732. The van der Waals surface area contributed by atoms with Crippen molar-refractivity contribution >= 4 is 15.8 Å². The molecule has 102 valence electrons. The lowest BCUT2D eigenvalue weighted by atomic mass is 10.1. The van der Waals surface area contributed by atoms with Crippen LogP contribution >= 0.6 is 0 Å². The van der Waals surface area contributed by atoms with Crippen molar-refractivity contribution in [1.29, 1.82) is 0 Å². The average Bonchev–Trinajstić information content (AvgIpc) is 2.74. The number of hydrogen-bond donors (Lipinski definition) is 2. The molecule has 0 radical (unpaired) electrons. The number of aromatic nitrogens is 1. The van der Waals surface area contributed by atoms with Gasteiger partial charge in [-0.1, -0.05) is 17.3 Å². The van der Waals surface area contributed by atoms with Crippen molar-refractivity contribution < 1.29 is 18.0 Å². The molecule has 0 aliphatic carbocycles. The molecule has 0 saturated carbocycles. The third kappa shape index (κ3) is 3.12. The van der Waals surface area contributed by atoms with E-state index in [0.29, 0.717) is 11.3 Å². The van der Waals surface area contributed by atoms with Gasteiger partial charge in [0, 0.05) is 6.07 Å². The smallest absolute Gasteiger partial charge is 0.263 e. The number of aryl methyl sites for hydroxylation is 1. The van der Waals surface area contributed by atoms with Crippen LogP contribution in [0, 0.1) is 6.92 Å². The van der Waals surface area contributed by atoms with E-state index in [-0.39, 0.29) is 10.7 Å². The minimum absolute atomic E-state index is 0.0616. The number of nitrogens with zero attached hydrogens (tertiary/aromatic N) is 1. The minimum atomic E-state index is -3.74. The van der Waals surface area contributed by atoms with Crippen LogP contribution in [0.5, 0.6) is 0 Å². The normalized spacial score (nSPS) is 13.2. The molecule has 0 fully saturated rings. The molecule has 2 rings (SSSR count). The summed E-state index contributed by atoms with van der Waals surface area (Å²) >= 11 is 0. The highest BCUT2D eigenvalue weighted by Crippen LogP contribution is 2.19. The first-order valence-electron chi connectivity index (χ1n) is 5.62. The molecule has 0 saturated heterocycles. The molecule has 0 aliphatic rings. The Bertz CT molecular complexity index is 677. The molecule has 1 atom stereocenters. The SMILES string of the molecule is Cc1cc(NS(=O)(=O)c2cccc(C(C)O)c2)no1. The second-order valence-electron chi connectivity index (χ2n) is 4.18. The number of rotatable bonds is 4. The first-order chi connectivity index (χ1) is 8.88. The number of nitrogens with one attached hydrogen (secondary N) is 1. The Morgan fingerprint density at radius 3 is 2.68 bits per heavy atom. The summed E-state index contributed by atoms with van der Waals surface area (Å²) in [5, 5.41) is 13.0. The molecule has 1 heterocycles. The van der Waals surface area contributed by atoms with Crippen LogP contribution in [0.15, 0.2) is 39.8 Å². The highest BCUT2D eigenvalue weighted by Gasteiger charge is 2.17. The Kier molecular flexibility index (Phi) is 3.59. The van der Waals surface area contributed by atoms with Crippen LogP contribution in [0.4, 0.5) is 5.82 Å². The van der Waals surface area contributed by atoms with E-state index in [2.05, 4.69) is 9.88 Å². The fraction of sp³-hybridized carbons (Fsp3) is 0.250. The largest absolute Gasteiger partial charge is 0.389 e. The molecule has 0 spiro atoms. The monoisotopic (exact) mass is 282 g/mol. The van der Waals surface area contributed by atoms with E-state index < -0.39 is 16.1 Å². The Labute approximate surface area is 111 Å². The van der Waals surface area contributed by atoms with Gasteiger partial charge < -0.3 is 9.63 Å². The van der Waals surface area contributed by atoms with Crippen molar-refractivity contribution in [3.05, 3.63) is 41.7 Å². The molecule has 7 heteroatoms. The average molecular weight is 282 g/mol. The van der Waals surface area contributed by atoms with Gasteiger partial charge in [0.15, 0.2) is 5.82 Å². The zero-order chi connectivity index (χ0) is 14.0. The molecule has 19 heavy (non-hydrogen) atoms. The first kappa shape index (κ1) is 13.6. The number of sulfonamides is 1. The van der Waals surface area contributed by atoms with E-state index in [1.54, 1.807) is 26.0 Å². The Hall–Kier alpha value is -1.86. The second-order valence-corrected chi connectivity index (χ2v) is 5.86. The number of anilines is 1. The van der Waals surface area contributed by atoms with Gasteiger partial charge in [0.05, 0.1) is 11.0 Å². The number of aliphatic hydroxyl groups excluding tert-OH is 1. The van der Waals surface area contributed by atoms with Crippen molar-refractivity contribution in [2.24, 2.45) is 0 Å². The lowest BCUT2D eigenvalue weighted by molar-refractivity contribution is 0.199. The van der Waals surface area contributed by atoms with E-state index >= 15 is 0 Å². The zero-order valence-electron chi connectivity index (χ0n) is 10.5. The summed E-state index contributed by atoms with van der Waals surface area (Å²) in [4.78, 5) is 0.0616. The van der Waals surface area contributed by atoms with Crippen LogP contribution in [0.1, 0.15) is 24.4 Å². The fourth-order valence-electron chi connectivity index (χ4n) is 1.55. The van der Waals surface area contributed by atoms with Crippen LogP contribution in [-0.2, 0) is 10.0 Å². The van der Waals surface area contributed by atoms with E-state index in [4.69, 9.17) is 4.52 Å². The van der Waals surface area contributed by atoms with E-state index in [9.17, 15) is 13.5 Å². The summed E-state index contributed by atoms with van der Waals surface area (Å²) in [7, 11) is -3.74. The molecular formula is C12H14N2O4S. The molecule has 2 aromatic rings. The van der Waals surface area contributed by atoms with E-state index in [0.717, 1.165) is 0 Å².